The fraction of sp³-hybridized carbons (Fsp3) is 0.444. The molecule has 0 saturated carbocycles. The molecule has 2 N–H and O–H groups in total. The van der Waals surface area contributed by atoms with Crippen molar-refractivity contribution >= 4 is 17.5 Å². The summed E-state index contributed by atoms with van der Waals surface area (Å²) in [7, 11) is 0. The zero-order valence-corrected chi connectivity index (χ0v) is 15.4. The Labute approximate surface area is 148 Å². The summed E-state index contributed by atoms with van der Waals surface area (Å²) in [5, 5.41) is 11.5. The number of nitrogens with one attached hydrogen (secondary N) is 2. The molecule has 1 amide bonds. The third-order valence-electron chi connectivity index (χ3n) is 3.79. The molecule has 1 heterocycles. The number of nitrogens with zero attached hydrogens (tertiary/aromatic N) is 2. The summed E-state index contributed by atoms with van der Waals surface area (Å²) in [5.74, 6) is 0.0720. The number of aromatic nitrogens is 2. The van der Waals surface area contributed by atoms with Gasteiger partial charge in [-0.2, -0.15) is 5.10 Å². The molecular weight excluding hydrogens is 324 g/mol. The number of halogens is 1. The molecule has 24 heavy (non-hydrogen) atoms. The first-order chi connectivity index (χ1) is 11.4. The van der Waals surface area contributed by atoms with Crippen LogP contribution in [0.3, 0.4) is 0 Å². The van der Waals surface area contributed by atoms with Crippen molar-refractivity contribution in [2.75, 3.05) is 6.54 Å². The van der Waals surface area contributed by atoms with Crippen molar-refractivity contribution in [1.82, 2.24) is 20.4 Å². The number of benzene rings is 1. The minimum absolute atomic E-state index is 0.0720. The van der Waals surface area contributed by atoms with Crippen LogP contribution >= 0.6 is 11.6 Å². The minimum Gasteiger partial charge on any atom is -0.354 e. The van der Waals surface area contributed by atoms with Gasteiger partial charge in [-0.3, -0.25) is 4.79 Å². The Balaban J connectivity index is 1.97. The lowest BCUT2D eigenvalue weighted by atomic mass is 10.2. The molecule has 2 rings (SSSR count). The maximum atomic E-state index is 11.6. The van der Waals surface area contributed by atoms with Gasteiger partial charge in [0, 0.05) is 41.8 Å². The lowest BCUT2D eigenvalue weighted by molar-refractivity contribution is -0.121. The van der Waals surface area contributed by atoms with Crippen LogP contribution in [0.2, 0.25) is 5.02 Å². The van der Waals surface area contributed by atoms with Crippen LogP contribution in [0.1, 0.15) is 37.2 Å². The molecule has 0 spiro atoms. The van der Waals surface area contributed by atoms with Gasteiger partial charge in [0.15, 0.2) is 0 Å². The smallest absolute Gasteiger partial charge is 0.221 e. The summed E-state index contributed by atoms with van der Waals surface area (Å²) >= 11 is 5.94. The SMILES string of the molecule is Cc1nn(-c2ccc(Cl)cc2)c(C)c1CNCCC(=O)NC(C)C. The molecule has 1 aromatic carbocycles. The van der Waals surface area contributed by atoms with E-state index in [1.165, 1.54) is 0 Å². The lowest BCUT2D eigenvalue weighted by Crippen LogP contribution is -2.32. The van der Waals surface area contributed by atoms with E-state index in [0.29, 0.717) is 24.5 Å². The molecule has 0 unspecified atom stereocenters. The van der Waals surface area contributed by atoms with Gasteiger partial charge >= 0.3 is 0 Å². The fourth-order valence-electron chi connectivity index (χ4n) is 2.57. The number of hydrogen-bond donors (Lipinski definition) is 2. The minimum atomic E-state index is 0.0720. The Morgan fingerprint density at radius 1 is 1.25 bits per heavy atom. The van der Waals surface area contributed by atoms with Gasteiger partial charge in [-0.1, -0.05) is 11.6 Å². The van der Waals surface area contributed by atoms with E-state index in [4.69, 9.17) is 11.6 Å². The highest BCUT2D eigenvalue weighted by Crippen LogP contribution is 2.19. The number of amides is 1. The molecule has 1 aromatic heterocycles. The molecule has 2 aromatic rings. The average molecular weight is 349 g/mol. The summed E-state index contributed by atoms with van der Waals surface area (Å²) in [6.45, 7) is 9.31. The average Bonchev–Trinajstić information content (AvgIpc) is 2.79. The van der Waals surface area contributed by atoms with Gasteiger partial charge in [-0.05, 0) is 52.0 Å². The largest absolute Gasteiger partial charge is 0.354 e. The highest BCUT2D eigenvalue weighted by atomic mass is 35.5. The molecule has 130 valence electrons. The first-order valence-corrected chi connectivity index (χ1v) is 8.57. The third kappa shape index (κ3) is 4.82. The predicted octanol–water partition coefficient (Wildman–Crippen LogP) is 3.15. The quantitative estimate of drug-likeness (QED) is 0.756. The Hall–Kier alpha value is -1.85. The van der Waals surface area contributed by atoms with Crippen LogP contribution in [0.5, 0.6) is 0 Å². The van der Waals surface area contributed by atoms with Crippen molar-refractivity contribution in [1.29, 1.82) is 0 Å². The van der Waals surface area contributed by atoms with Crippen LogP contribution in [0.4, 0.5) is 0 Å². The first-order valence-electron chi connectivity index (χ1n) is 8.19. The molecule has 5 nitrogen and oxygen atoms in total. The third-order valence-corrected chi connectivity index (χ3v) is 4.04. The highest BCUT2D eigenvalue weighted by Gasteiger charge is 2.12. The molecule has 0 aliphatic heterocycles. The van der Waals surface area contributed by atoms with Crippen LogP contribution in [-0.2, 0) is 11.3 Å². The van der Waals surface area contributed by atoms with Gasteiger partial charge in [0.1, 0.15) is 0 Å². The number of carbonyl (C=O) groups is 1. The lowest BCUT2D eigenvalue weighted by Gasteiger charge is -2.09. The van der Waals surface area contributed by atoms with E-state index in [-0.39, 0.29) is 11.9 Å². The van der Waals surface area contributed by atoms with Crippen LogP contribution in [-0.4, -0.2) is 28.3 Å². The van der Waals surface area contributed by atoms with Gasteiger partial charge in [0.05, 0.1) is 11.4 Å². The Bertz CT molecular complexity index is 692. The Morgan fingerprint density at radius 3 is 2.54 bits per heavy atom. The molecule has 0 bridgehead atoms. The molecule has 0 atom stereocenters. The number of aryl methyl sites for hydroxylation is 1. The maximum absolute atomic E-state index is 11.6. The van der Waals surface area contributed by atoms with Gasteiger partial charge in [-0.25, -0.2) is 4.68 Å². The number of hydrogen-bond acceptors (Lipinski definition) is 3. The van der Waals surface area contributed by atoms with Crippen molar-refractivity contribution in [3.63, 3.8) is 0 Å². The van der Waals surface area contributed by atoms with Crippen molar-refractivity contribution in [3.05, 3.63) is 46.2 Å². The van der Waals surface area contributed by atoms with Gasteiger partial charge in [0.2, 0.25) is 5.91 Å². The summed E-state index contributed by atoms with van der Waals surface area (Å²) in [6.07, 6.45) is 0.474. The maximum Gasteiger partial charge on any atom is 0.221 e. The van der Waals surface area contributed by atoms with Crippen molar-refractivity contribution < 1.29 is 4.79 Å². The van der Waals surface area contributed by atoms with Gasteiger partial charge in [0.25, 0.3) is 0 Å². The summed E-state index contributed by atoms with van der Waals surface area (Å²) < 4.78 is 1.92. The fourth-order valence-corrected chi connectivity index (χ4v) is 2.70. The normalized spacial score (nSPS) is 11.1. The molecule has 0 aliphatic carbocycles. The molecule has 0 fully saturated rings. The zero-order chi connectivity index (χ0) is 17.7. The van der Waals surface area contributed by atoms with E-state index in [1.54, 1.807) is 0 Å². The standard InChI is InChI=1S/C18H25ClN4O/c1-12(2)21-18(24)9-10-20-11-17-13(3)22-23(14(17)4)16-7-5-15(19)6-8-16/h5-8,12,20H,9-11H2,1-4H3,(H,21,24). The van der Waals surface area contributed by atoms with E-state index in [1.807, 2.05) is 49.7 Å². The second-order valence-electron chi connectivity index (χ2n) is 6.19. The predicted molar refractivity (Wildman–Crippen MR) is 97.7 cm³/mol. The molecule has 0 aliphatic rings. The first kappa shape index (κ1) is 18.5. The van der Waals surface area contributed by atoms with E-state index in [9.17, 15) is 4.79 Å². The molecule has 0 radical (unpaired) electrons. The van der Waals surface area contributed by atoms with Gasteiger partial charge < -0.3 is 10.6 Å². The van der Waals surface area contributed by atoms with E-state index in [0.717, 1.165) is 22.6 Å². The van der Waals surface area contributed by atoms with Crippen LogP contribution in [0.25, 0.3) is 5.69 Å². The summed E-state index contributed by atoms with van der Waals surface area (Å²) in [4.78, 5) is 11.6. The number of carbonyl (C=O) groups excluding carboxylic acids is 1. The molecule has 6 heteroatoms. The summed E-state index contributed by atoms with van der Waals surface area (Å²) in [5.41, 5.74) is 4.23. The van der Waals surface area contributed by atoms with E-state index >= 15 is 0 Å². The van der Waals surface area contributed by atoms with Crippen LogP contribution < -0.4 is 10.6 Å². The van der Waals surface area contributed by atoms with Crippen molar-refractivity contribution in [3.8, 4) is 5.69 Å². The van der Waals surface area contributed by atoms with E-state index in [2.05, 4.69) is 22.7 Å². The Morgan fingerprint density at radius 2 is 1.92 bits per heavy atom. The van der Waals surface area contributed by atoms with E-state index < -0.39 is 0 Å². The summed E-state index contributed by atoms with van der Waals surface area (Å²) in [6, 6.07) is 7.81. The van der Waals surface area contributed by atoms with Crippen molar-refractivity contribution in [2.24, 2.45) is 0 Å². The molecule has 0 saturated heterocycles. The second kappa shape index (κ2) is 8.31. The second-order valence-corrected chi connectivity index (χ2v) is 6.62. The van der Waals surface area contributed by atoms with Gasteiger partial charge in [-0.15, -0.1) is 0 Å². The zero-order valence-electron chi connectivity index (χ0n) is 14.7. The van der Waals surface area contributed by atoms with Crippen LogP contribution in [0.15, 0.2) is 24.3 Å². The monoisotopic (exact) mass is 348 g/mol. The highest BCUT2D eigenvalue weighted by molar-refractivity contribution is 6.30. The van der Waals surface area contributed by atoms with Crippen molar-refractivity contribution in [2.45, 2.75) is 46.7 Å². The van der Waals surface area contributed by atoms with Crippen LogP contribution in [0, 0.1) is 13.8 Å². The topological polar surface area (TPSA) is 59.0 Å². The molecular formula is C18H25ClN4O. The Kier molecular flexibility index (Phi) is 6.40. The number of rotatable bonds is 7.